The van der Waals surface area contributed by atoms with Gasteiger partial charge in [-0.1, -0.05) is 6.07 Å². The molecule has 0 saturated carbocycles. The Hall–Kier alpha value is -2.63. The van der Waals surface area contributed by atoms with Crippen LogP contribution in [0.4, 0.5) is 14.5 Å². The van der Waals surface area contributed by atoms with Crippen LogP contribution in [0.5, 0.6) is 5.75 Å². The van der Waals surface area contributed by atoms with E-state index in [9.17, 15) is 13.6 Å². The first-order valence-corrected chi connectivity index (χ1v) is 8.13. The van der Waals surface area contributed by atoms with Crippen molar-refractivity contribution in [1.82, 2.24) is 4.90 Å². The molecule has 0 aliphatic carbocycles. The molecule has 4 nitrogen and oxygen atoms in total. The second-order valence-corrected chi connectivity index (χ2v) is 6.08. The third kappa shape index (κ3) is 3.57. The molecule has 1 aliphatic heterocycles. The number of rotatable bonds is 3. The van der Waals surface area contributed by atoms with E-state index in [1.54, 1.807) is 12.0 Å². The maximum Gasteiger partial charge on any atom is 0.254 e. The van der Waals surface area contributed by atoms with Gasteiger partial charge in [0, 0.05) is 31.7 Å². The number of benzene rings is 2. The zero-order valence-corrected chi connectivity index (χ0v) is 14.3. The molecular formula is C19H20F2N2O2. The van der Waals surface area contributed by atoms with Gasteiger partial charge in [0.1, 0.15) is 5.75 Å². The molecule has 2 aromatic carbocycles. The van der Waals surface area contributed by atoms with Crippen molar-refractivity contribution < 1.29 is 18.3 Å². The highest BCUT2D eigenvalue weighted by molar-refractivity contribution is 5.94. The maximum atomic E-state index is 13.3. The molecule has 2 aromatic rings. The summed E-state index contributed by atoms with van der Waals surface area (Å²) in [6.45, 7) is 4.33. The van der Waals surface area contributed by atoms with Gasteiger partial charge in [-0.2, -0.15) is 0 Å². The van der Waals surface area contributed by atoms with E-state index < -0.39 is 11.6 Å². The van der Waals surface area contributed by atoms with Crippen LogP contribution < -0.4 is 9.64 Å². The third-order valence-electron chi connectivity index (χ3n) is 4.41. The second kappa shape index (κ2) is 7.09. The molecule has 1 amide bonds. The maximum absolute atomic E-state index is 13.3. The van der Waals surface area contributed by atoms with Crippen molar-refractivity contribution in [1.29, 1.82) is 0 Å². The van der Waals surface area contributed by atoms with E-state index in [1.165, 1.54) is 6.07 Å². The van der Waals surface area contributed by atoms with Gasteiger partial charge in [-0.3, -0.25) is 4.79 Å². The van der Waals surface area contributed by atoms with Gasteiger partial charge >= 0.3 is 0 Å². The Morgan fingerprint density at radius 2 is 1.72 bits per heavy atom. The van der Waals surface area contributed by atoms with E-state index in [1.807, 2.05) is 19.1 Å². The number of methoxy groups -OCH3 is 1. The van der Waals surface area contributed by atoms with E-state index in [0.717, 1.165) is 29.1 Å². The number of ether oxygens (including phenoxy) is 1. The monoisotopic (exact) mass is 346 g/mol. The molecule has 1 aliphatic rings. The molecule has 0 radical (unpaired) electrons. The van der Waals surface area contributed by atoms with Gasteiger partial charge in [0.15, 0.2) is 11.6 Å². The summed E-state index contributed by atoms with van der Waals surface area (Å²) in [4.78, 5) is 16.3. The highest BCUT2D eigenvalue weighted by Crippen LogP contribution is 2.30. The van der Waals surface area contributed by atoms with Gasteiger partial charge in [-0.25, -0.2) is 8.78 Å². The van der Waals surface area contributed by atoms with Gasteiger partial charge in [-0.05, 0) is 42.8 Å². The molecule has 6 heteroatoms. The van der Waals surface area contributed by atoms with Crippen LogP contribution in [0, 0.1) is 18.6 Å². The summed E-state index contributed by atoms with van der Waals surface area (Å²) in [5.74, 6) is -1.44. The summed E-state index contributed by atoms with van der Waals surface area (Å²) >= 11 is 0. The number of nitrogens with zero attached hydrogens (tertiary/aromatic N) is 2. The van der Waals surface area contributed by atoms with Crippen molar-refractivity contribution in [2.45, 2.75) is 6.92 Å². The lowest BCUT2D eigenvalue weighted by Gasteiger charge is -2.36. The fourth-order valence-corrected chi connectivity index (χ4v) is 3.01. The van der Waals surface area contributed by atoms with Crippen LogP contribution in [-0.2, 0) is 0 Å². The number of carbonyl (C=O) groups is 1. The number of hydrogen-bond donors (Lipinski definition) is 0. The number of anilines is 1. The zero-order chi connectivity index (χ0) is 18.0. The summed E-state index contributed by atoms with van der Waals surface area (Å²) in [5, 5.41) is 0. The van der Waals surface area contributed by atoms with Crippen LogP contribution in [0.25, 0.3) is 0 Å². The van der Waals surface area contributed by atoms with Crippen LogP contribution in [-0.4, -0.2) is 44.1 Å². The van der Waals surface area contributed by atoms with Crippen LogP contribution in [0.3, 0.4) is 0 Å². The molecule has 0 bridgehead atoms. The van der Waals surface area contributed by atoms with Crippen molar-refractivity contribution >= 4 is 11.6 Å². The highest BCUT2D eigenvalue weighted by atomic mass is 19.2. The molecule has 1 saturated heterocycles. The van der Waals surface area contributed by atoms with Gasteiger partial charge in [0.2, 0.25) is 0 Å². The first-order chi connectivity index (χ1) is 12.0. The van der Waals surface area contributed by atoms with Crippen LogP contribution in [0.1, 0.15) is 15.9 Å². The number of amides is 1. The molecule has 0 aromatic heterocycles. The van der Waals surface area contributed by atoms with Gasteiger partial charge < -0.3 is 14.5 Å². The van der Waals surface area contributed by atoms with Crippen molar-refractivity contribution in [3.05, 3.63) is 59.2 Å². The Kier molecular flexibility index (Phi) is 4.88. The van der Waals surface area contributed by atoms with E-state index in [4.69, 9.17) is 4.74 Å². The molecule has 0 atom stereocenters. The van der Waals surface area contributed by atoms with Crippen molar-refractivity contribution in [2.75, 3.05) is 38.2 Å². The Balaban J connectivity index is 1.70. The van der Waals surface area contributed by atoms with E-state index >= 15 is 0 Å². The van der Waals surface area contributed by atoms with Crippen LogP contribution in [0.2, 0.25) is 0 Å². The van der Waals surface area contributed by atoms with Crippen LogP contribution >= 0.6 is 0 Å². The lowest BCUT2D eigenvalue weighted by molar-refractivity contribution is 0.0746. The Bertz CT molecular complexity index is 787. The summed E-state index contributed by atoms with van der Waals surface area (Å²) in [6.07, 6.45) is 0. The number of hydrogen-bond acceptors (Lipinski definition) is 3. The first kappa shape index (κ1) is 17.2. The van der Waals surface area contributed by atoms with Crippen molar-refractivity contribution in [2.24, 2.45) is 0 Å². The summed E-state index contributed by atoms with van der Waals surface area (Å²) < 4.78 is 31.8. The SMILES string of the molecule is COc1ccc(C)cc1N1CCN(C(=O)c2ccc(F)c(F)c2)CC1. The van der Waals surface area contributed by atoms with E-state index in [-0.39, 0.29) is 11.5 Å². The minimum atomic E-state index is -1.01. The Morgan fingerprint density at radius 3 is 2.36 bits per heavy atom. The van der Waals surface area contributed by atoms with Crippen molar-refractivity contribution in [3.63, 3.8) is 0 Å². The predicted octanol–water partition coefficient (Wildman–Crippen LogP) is 3.24. The third-order valence-corrected chi connectivity index (χ3v) is 4.41. The molecule has 0 spiro atoms. The Morgan fingerprint density at radius 1 is 1.00 bits per heavy atom. The average Bonchev–Trinajstić information content (AvgIpc) is 2.63. The van der Waals surface area contributed by atoms with Crippen molar-refractivity contribution in [3.8, 4) is 5.75 Å². The lowest BCUT2D eigenvalue weighted by atomic mass is 10.1. The minimum Gasteiger partial charge on any atom is -0.495 e. The first-order valence-electron chi connectivity index (χ1n) is 8.13. The Labute approximate surface area is 145 Å². The fourth-order valence-electron chi connectivity index (χ4n) is 3.01. The van der Waals surface area contributed by atoms with E-state index in [0.29, 0.717) is 26.2 Å². The van der Waals surface area contributed by atoms with Gasteiger partial charge in [-0.15, -0.1) is 0 Å². The quantitative estimate of drug-likeness (QED) is 0.855. The molecule has 1 fully saturated rings. The number of aryl methyl sites for hydroxylation is 1. The molecule has 132 valence electrons. The zero-order valence-electron chi connectivity index (χ0n) is 14.3. The predicted molar refractivity (Wildman–Crippen MR) is 92.2 cm³/mol. The molecule has 25 heavy (non-hydrogen) atoms. The summed E-state index contributed by atoms with van der Waals surface area (Å²) in [7, 11) is 1.64. The largest absolute Gasteiger partial charge is 0.495 e. The normalized spacial score (nSPS) is 14.6. The van der Waals surface area contributed by atoms with Crippen LogP contribution in [0.15, 0.2) is 36.4 Å². The molecule has 0 unspecified atom stereocenters. The molecular weight excluding hydrogens is 326 g/mol. The summed E-state index contributed by atoms with van der Waals surface area (Å²) in [5.41, 5.74) is 2.30. The number of piperazine rings is 1. The van der Waals surface area contributed by atoms with Gasteiger partial charge in [0.05, 0.1) is 12.8 Å². The lowest BCUT2D eigenvalue weighted by Crippen LogP contribution is -2.48. The number of halogens is 2. The standard InChI is InChI=1S/C19H20F2N2O2/c1-13-3-6-18(25-2)17(11-13)22-7-9-23(10-8-22)19(24)14-4-5-15(20)16(21)12-14/h3-6,11-12H,7-10H2,1-2H3. The highest BCUT2D eigenvalue weighted by Gasteiger charge is 2.24. The number of carbonyl (C=O) groups excluding carboxylic acids is 1. The summed E-state index contributed by atoms with van der Waals surface area (Å²) in [6, 6.07) is 9.24. The molecule has 1 heterocycles. The smallest absolute Gasteiger partial charge is 0.254 e. The molecule has 3 rings (SSSR count). The van der Waals surface area contributed by atoms with E-state index in [2.05, 4.69) is 11.0 Å². The minimum absolute atomic E-state index is 0.167. The molecule has 0 N–H and O–H groups in total. The fraction of sp³-hybridized carbons (Fsp3) is 0.316. The topological polar surface area (TPSA) is 32.8 Å². The average molecular weight is 346 g/mol. The van der Waals surface area contributed by atoms with Gasteiger partial charge in [0.25, 0.3) is 5.91 Å². The second-order valence-electron chi connectivity index (χ2n) is 6.08.